The molecule has 1 N–H and O–H groups in total. The summed E-state index contributed by atoms with van der Waals surface area (Å²) in [7, 11) is 0. The molecule has 0 aliphatic carbocycles. The molecule has 0 aliphatic rings. The van der Waals surface area contributed by atoms with Crippen LogP contribution in [0.15, 0.2) is 32.7 Å². The van der Waals surface area contributed by atoms with Gasteiger partial charge in [0.25, 0.3) is 0 Å². The Morgan fingerprint density at radius 2 is 2.28 bits per heavy atom. The number of thiophene rings is 1. The van der Waals surface area contributed by atoms with E-state index in [4.69, 9.17) is 4.42 Å². The zero-order chi connectivity index (χ0) is 13.0. The van der Waals surface area contributed by atoms with E-state index in [0.29, 0.717) is 6.04 Å². The molecule has 4 heteroatoms. The summed E-state index contributed by atoms with van der Waals surface area (Å²) < 4.78 is 6.63. The van der Waals surface area contributed by atoms with Gasteiger partial charge in [-0.25, -0.2) is 0 Å². The van der Waals surface area contributed by atoms with Crippen molar-refractivity contribution in [2.24, 2.45) is 0 Å². The van der Waals surface area contributed by atoms with Crippen molar-refractivity contribution in [3.05, 3.63) is 44.4 Å². The normalized spacial score (nSPS) is 12.8. The zero-order valence-electron chi connectivity index (χ0n) is 10.7. The summed E-state index contributed by atoms with van der Waals surface area (Å²) in [6, 6.07) is 4.52. The molecule has 0 aliphatic heterocycles. The van der Waals surface area contributed by atoms with Gasteiger partial charge in [-0.15, -0.1) is 11.3 Å². The Balaban J connectivity index is 2.15. The third-order valence-corrected chi connectivity index (χ3v) is 4.94. The molecule has 0 spiro atoms. The number of halogens is 1. The van der Waals surface area contributed by atoms with E-state index in [1.807, 2.05) is 6.92 Å². The minimum absolute atomic E-state index is 0.332. The number of hydrogen-bond donors (Lipinski definition) is 1. The van der Waals surface area contributed by atoms with Crippen LogP contribution in [0.1, 0.15) is 35.6 Å². The maximum absolute atomic E-state index is 5.43. The topological polar surface area (TPSA) is 25.2 Å². The Kier molecular flexibility index (Phi) is 5.03. The van der Waals surface area contributed by atoms with Crippen LogP contribution in [0.3, 0.4) is 0 Å². The molecule has 0 amide bonds. The summed E-state index contributed by atoms with van der Waals surface area (Å²) >= 11 is 5.40. The highest BCUT2D eigenvalue weighted by molar-refractivity contribution is 9.10. The number of rotatable bonds is 6. The van der Waals surface area contributed by atoms with Crippen LogP contribution in [-0.2, 0) is 6.42 Å². The first kappa shape index (κ1) is 13.8. The van der Waals surface area contributed by atoms with Gasteiger partial charge in [0.2, 0.25) is 0 Å². The fourth-order valence-corrected chi connectivity index (χ4v) is 3.58. The predicted molar refractivity (Wildman–Crippen MR) is 80.2 cm³/mol. The molecule has 2 aromatic rings. The second kappa shape index (κ2) is 6.55. The van der Waals surface area contributed by atoms with E-state index in [1.54, 1.807) is 17.6 Å². The van der Waals surface area contributed by atoms with Crippen molar-refractivity contribution >= 4 is 27.3 Å². The van der Waals surface area contributed by atoms with Gasteiger partial charge in [0, 0.05) is 27.4 Å². The average Bonchev–Trinajstić information content (AvgIpc) is 2.94. The predicted octanol–water partition coefficient (Wildman–Crippen LogP) is 4.70. The third-order valence-electron chi connectivity index (χ3n) is 3.00. The van der Waals surface area contributed by atoms with Crippen LogP contribution in [0.4, 0.5) is 0 Å². The maximum Gasteiger partial charge on any atom is 0.105 e. The Morgan fingerprint density at radius 1 is 1.44 bits per heavy atom. The van der Waals surface area contributed by atoms with E-state index >= 15 is 0 Å². The van der Waals surface area contributed by atoms with Gasteiger partial charge in [0.05, 0.1) is 6.26 Å². The van der Waals surface area contributed by atoms with Gasteiger partial charge in [-0.3, -0.25) is 0 Å². The van der Waals surface area contributed by atoms with Crippen molar-refractivity contribution in [3.8, 4) is 0 Å². The Morgan fingerprint density at radius 3 is 2.83 bits per heavy atom. The standard InChI is InChI=1S/C14H18BrNOS/c1-3-6-16-13(11-4-7-17-10(11)2)9-14-12(15)5-8-18-14/h4-5,7-8,13,16H,3,6,9H2,1-2H3. The number of hydrogen-bond acceptors (Lipinski definition) is 3. The Labute approximate surface area is 121 Å². The summed E-state index contributed by atoms with van der Waals surface area (Å²) in [5, 5.41) is 5.73. The lowest BCUT2D eigenvalue weighted by atomic mass is 10.0. The molecule has 0 saturated heterocycles. The second-order valence-electron chi connectivity index (χ2n) is 4.33. The van der Waals surface area contributed by atoms with Crippen LogP contribution in [0.2, 0.25) is 0 Å². The number of aryl methyl sites for hydroxylation is 1. The van der Waals surface area contributed by atoms with Crippen LogP contribution in [0, 0.1) is 6.92 Å². The van der Waals surface area contributed by atoms with Crippen LogP contribution >= 0.6 is 27.3 Å². The SMILES string of the molecule is CCCNC(Cc1sccc1Br)c1ccoc1C. The highest BCUT2D eigenvalue weighted by Gasteiger charge is 2.17. The van der Waals surface area contributed by atoms with Gasteiger partial charge < -0.3 is 9.73 Å². The van der Waals surface area contributed by atoms with Gasteiger partial charge in [0.1, 0.15) is 5.76 Å². The summed E-state index contributed by atoms with van der Waals surface area (Å²) in [5.41, 5.74) is 1.27. The lowest BCUT2D eigenvalue weighted by molar-refractivity contribution is 0.495. The van der Waals surface area contributed by atoms with Crippen LogP contribution < -0.4 is 5.32 Å². The molecular weight excluding hydrogens is 310 g/mol. The van der Waals surface area contributed by atoms with Crippen molar-refractivity contribution in [3.63, 3.8) is 0 Å². The van der Waals surface area contributed by atoms with E-state index < -0.39 is 0 Å². The molecule has 2 rings (SSSR count). The zero-order valence-corrected chi connectivity index (χ0v) is 13.1. The van der Waals surface area contributed by atoms with Gasteiger partial charge >= 0.3 is 0 Å². The Hall–Kier alpha value is -0.580. The first-order chi connectivity index (χ1) is 8.72. The summed E-state index contributed by atoms with van der Waals surface area (Å²) in [5.74, 6) is 1.01. The minimum Gasteiger partial charge on any atom is -0.469 e. The molecule has 0 radical (unpaired) electrons. The van der Waals surface area contributed by atoms with Crippen molar-refractivity contribution < 1.29 is 4.42 Å². The molecule has 1 atom stereocenters. The van der Waals surface area contributed by atoms with Gasteiger partial charge in [-0.05, 0) is 53.3 Å². The molecule has 0 bridgehead atoms. The molecule has 1 unspecified atom stereocenters. The molecule has 2 aromatic heterocycles. The average molecular weight is 328 g/mol. The number of nitrogens with one attached hydrogen (secondary N) is 1. The molecule has 18 heavy (non-hydrogen) atoms. The minimum atomic E-state index is 0.332. The number of furan rings is 1. The highest BCUT2D eigenvalue weighted by Crippen LogP contribution is 2.29. The van der Waals surface area contributed by atoms with E-state index in [0.717, 1.165) is 25.1 Å². The molecular formula is C14H18BrNOS. The molecule has 0 aromatic carbocycles. The van der Waals surface area contributed by atoms with Crippen molar-refractivity contribution in [1.29, 1.82) is 0 Å². The summed E-state index contributed by atoms with van der Waals surface area (Å²) in [6.45, 7) is 5.24. The van der Waals surface area contributed by atoms with E-state index in [2.05, 4.69) is 45.7 Å². The molecule has 2 heterocycles. The maximum atomic E-state index is 5.43. The first-order valence-electron chi connectivity index (χ1n) is 6.21. The fraction of sp³-hybridized carbons (Fsp3) is 0.429. The fourth-order valence-electron chi connectivity index (χ4n) is 2.02. The van der Waals surface area contributed by atoms with Crippen molar-refractivity contribution in [1.82, 2.24) is 5.32 Å². The van der Waals surface area contributed by atoms with Crippen molar-refractivity contribution in [2.75, 3.05) is 6.54 Å². The summed E-state index contributed by atoms with van der Waals surface area (Å²) in [4.78, 5) is 1.38. The van der Waals surface area contributed by atoms with Gasteiger partial charge in [-0.1, -0.05) is 6.92 Å². The smallest absolute Gasteiger partial charge is 0.105 e. The Bertz CT molecular complexity index is 491. The first-order valence-corrected chi connectivity index (χ1v) is 7.89. The van der Waals surface area contributed by atoms with Crippen LogP contribution in [-0.4, -0.2) is 6.54 Å². The summed E-state index contributed by atoms with van der Waals surface area (Å²) in [6.07, 6.45) is 3.91. The quantitative estimate of drug-likeness (QED) is 0.832. The molecule has 2 nitrogen and oxygen atoms in total. The van der Waals surface area contributed by atoms with Crippen LogP contribution in [0.25, 0.3) is 0 Å². The van der Waals surface area contributed by atoms with E-state index in [1.165, 1.54) is 14.9 Å². The van der Waals surface area contributed by atoms with E-state index in [-0.39, 0.29) is 0 Å². The van der Waals surface area contributed by atoms with Gasteiger partial charge in [0.15, 0.2) is 0 Å². The lowest BCUT2D eigenvalue weighted by Crippen LogP contribution is -2.24. The second-order valence-corrected chi connectivity index (χ2v) is 6.19. The van der Waals surface area contributed by atoms with E-state index in [9.17, 15) is 0 Å². The largest absolute Gasteiger partial charge is 0.469 e. The molecule has 98 valence electrons. The van der Waals surface area contributed by atoms with Crippen LogP contribution in [0.5, 0.6) is 0 Å². The molecule has 0 saturated carbocycles. The lowest BCUT2D eigenvalue weighted by Gasteiger charge is -2.17. The molecule has 0 fully saturated rings. The van der Waals surface area contributed by atoms with Gasteiger partial charge in [-0.2, -0.15) is 0 Å². The monoisotopic (exact) mass is 327 g/mol. The highest BCUT2D eigenvalue weighted by atomic mass is 79.9. The third kappa shape index (κ3) is 3.25. The van der Waals surface area contributed by atoms with Crippen molar-refractivity contribution in [2.45, 2.75) is 32.7 Å².